The molecule has 1 atom stereocenters. The molecular weight excluding hydrogens is 324 g/mol. The van der Waals surface area contributed by atoms with Crippen LogP contribution in [0.25, 0.3) is 0 Å². The van der Waals surface area contributed by atoms with Gasteiger partial charge in [0.25, 0.3) is 5.91 Å². The summed E-state index contributed by atoms with van der Waals surface area (Å²) in [5.74, 6) is -0.0183. The van der Waals surface area contributed by atoms with Gasteiger partial charge >= 0.3 is 0 Å². The monoisotopic (exact) mass is 340 g/mol. The van der Waals surface area contributed by atoms with Crippen LogP contribution < -0.4 is 5.32 Å². The fraction of sp³-hybridized carbons (Fsp3) is 0.357. The Balaban J connectivity index is 2.00. The van der Waals surface area contributed by atoms with Gasteiger partial charge in [0.15, 0.2) is 0 Å². The molecule has 3 nitrogen and oxygen atoms in total. The molecule has 2 aromatic rings. The summed E-state index contributed by atoms with van der Waals surface area (Å²) >= 11 is 5.09. The van der Waals surface area contributed by atoms with Gasteiger partial charge in [-0.1, -0.05) is 0 Å². The van der Waals surface area contributed by atoms with Gasteiger partial charge in [-0.2, -0.15) is 11.3 Å². The highest BCUT2D eigenvalue weighted by molar-refractivity contribution is 9.10. The van der Waals surface area contributed by atoms with Crippen molar-refractivity contribution in [3.63, 3.8) is 0 Å². The first-order valence-corrected chi connectivity index (χ1v) is 8.01. The lowest BCUT2D eigenvalue weighted by Gasteiger charge is -2.14. The Kier molecular flexibility index (Phi) is 4.82. The number of hydrogen-bond donors (Lipinski definition) is 1. The molecule has 0 radical (unpaired) electrons. The Bertz CT molecular complexity index is 548. The lowest BCUT2D eigenvalue weighted by Crippen LogP contribution is -2.35. The SMILES string of the molecule is CCn1cc(Br)cc1C(=O)NC(C)Cc1ccsc1. The molecule has 0 saturated heterocycles. The van der Waals surface area contributed by atoms with Crippen LogP contribution in [-0.2, 0) is 13.0 Å². The Morgan fingerprint density at radius 1 is 1.58 bits per heavy atom. The average Bonchev–Trinajstić information content (AvgIpc) is 2.97. The molecule has 102 valence electrons. The summed E-state index contributed by atoms with van der Waals surface area (Å²) in [7, 11) is 0. The number of amides is 1. The van der Waals surface area contributed by atoms with E-state index in [0.717, 1.165) is 17.4 Å². The molecule has 0 aliphatic rings. The van der Waals surface area contributed by atoms with Crippen LogP contribution in [-0.4, -0.2) is 16.5 Å². The Hall–Kier alpha value is -1.07. The van der Waals surface area contributed by atoms with Crippen molar-refractivity contribution in [2.45, 2.75) is 32.9 Å². The number of thiophene rings is 1. The summed E-state index contributed by atoms with van der Waals surface area (Å²) in [6.45, 7) is 4.84. The number of carbonyl (C=O) groups excluding carboxylic acids is 1. The molecule has 1 amide bonds. The minimum atomic E-state index is -0.0183. The molecule has 2 aromatic heterocycles. The Morgan fingerprint density at radius 3 is 3.00 bits per heavy atom. The molecule has 0 saturated carbocycles. The van der Waals surface area contributed by atoms with Gasteiger partial charge in [-0.3, -0.25) is 4.79 Å². The van der Waals surface area contributed by atoms with Crippen molar-refractivity contribution in [1.29, 1.82) is 0 Å². The topological polar surface area (TPSA) is 34.0 Å². The second-order valence-corrected chi connectivity index (χ2v) is 6.24. The first-order chi connectivity index (χ1) is 9.10. The predicted molar refractivity (Wildman–Crippen MR) is 82.8 cm³/mol. The summed E-state index contributed by atoms with van der Waals surface area (Å²) in [6.07, 6.45) is 2.79. The van der Waals surface area contributed by atoms with Crippen LogP contribution in [0.3, 0.4) is 0 Å². The third-order valence-electron chi connectivity index (χ3n) is 2.94. The van der Waals surface area contributed by atoms with E-state index in [9.17, 15) is 4.79 Å². The van der Waals surface area contributed by atoms with E-state index in [1.807, 2.05) is 30.7 Å². The summed E-state index contributed by atoms with van der Waals surface area (Å²) in [6, 6.07) is 4.08. The standard InChI is InChI=1S/C14H17BrN2OS/c1-3-17-8-12(15)7-13(17)14(18)16-10(2)6-11-4-5-19-9-11/h4-5,7-10H,3,6H2,1-2H3,(H,16,18). The molecule has 0 bridgehead atoms. The van der Waals surface area contributed by atoms with Crippen molar-refractivity contribution in [2.75, 3.05) is 0 Å². The van der Waals surface area contributed by atoms with Crippen LogP contribution in [0.2, 0.25) is 0 Å². The van der Waals surface area contributed by atoms with Crippen molar-refractivity contribution in [3.8, 4) is 0 Å². The van der Waals surface area contributed by atoms with E-state index in [0.29, 0.717) is 5.69 Å². The van der Waals surface area contributed by atoms with Crippen LogP contribution in [0.1, 0.15) is 29.9 Å². The van der Waals surface area contributed by atoms with Crippen molar-refractivity contribution in [2.24, 2.45) is 0 Å². The quantitative estimate of drug-likeness (QED) is 0.884. The Labute approximate surface area is 125 Å². The van der Waals surface area contributed by atoms with Crippen molar-refractivity contribution in [3.05, 3.63) is 44.8 Å². The molecule has 2 rings (SSSR count). The van der Waals surface area contributed by atoms with E-state index in [1.165, 1.54) is 5.56 Å². The zero-order chi connectivity index (χ0) is 13.8. The lowest BCUT2D eigenvalue weighted by atomic mass is 10.1. The first kappa shape index (κ1) is 14.3. The Morgan fingerprint density at radius 2 is 2.37 bits per heavy atom. The molecule has 1 unspecified atom stereocenters. The van der Waals surface area contributed by atoms with Gasteiger partial charge in [0.05, 0.1) is 0 Å². The summed E-state index contributed by atoms with van der Waals surface area (Å²) in [4.78, 5) is 12.2. The fourth-order valence-electron chi connectivity index (χ4n) is 2.04. The number of aromatic nitrogens is 1. The summed E-state index contributed by atoms with van der Waals surface area (Å²) in [5, 5.41) is 7.22. The van der Waals surface area contributed by atoms with Crippen LogP contribution in [0.4, 0.5) is 0 Å². The molecule has 0 fully saturated rings. The van der Waals surface area contributed by atoms with E-state index < -0.39 is 0 Å². The van der Waals surface area contributed by atoms with E-state index in [2.05, 4.69) is 38.1 Å². The second-order valence-electron chi connectivity index (χ2n) is 4.54. The minimum Gasteiger partial charge on any atom is -0.348 e. The van der Waals surface area contributed by atoms with Crippen LogP contribution >= 0.6 is 27.3 Å². The third-order valence-corrected chi connectivity index (χ3v) is 4.10. The molecule has 19 heavy (non-hydrogen) atoms. The highest BCUT2D eigenvalue weighted by Crippen LogP contribution is 2.15. The van der Waals surface area contributed by atoms with Crippen LogP contribution in [0.15, 0.2) is 33.6 Å². The largest absolute Gasteiger partial charge is 0.348 e. The van der Waals surface area contributed by atoms with Gasteiger partial charge in [-0.15, -0.1) is 0 Å². The van der Waals surface area contributed by atoms with Gasteiger partial charge in [0.2, 0.25) is 0 Å². The number of hydrogen-bond acceptors (Lipinski definition) is 2. The van der Waals surface area contributed by atoms with E-state index in [-0.39, 0.29) is 11.9 Å². The maximum atomic E-state index is 12.2. The zero-order valence-electron chi connectivity index (χ0n) is 11.0. The van der Waals surface area contributed by atoms with E-state index >= 15 is 0 Å². The molecule has 1 N–H and O–H groups in total. The van der Waals surface area contributed by atoms with Crippen LogP contribution in [0.5, 0.6) is 0 Å². The highest BCUT2D eigenvalue weighted by atomic mass is 79.9. The van der Waals surface area contributed by atoms with Gasteiger partial charge in [-0.05, 0) is 64.7 Å². The number of halogens is 1. The molecule has 0 spiro atoms. The molecule has 5 heteroatoms. The van der Waals surface area contributed by atoms with E-state index in [1.54, 1.807) is 11.3 Å². The fourth-order valence-corrected chi connectivity index (χ4v) is 3.18. The van der Waals surface area contributed by atoms with Gasteiger partial charge in [-0.25, -0.2) is 0 Å². The van der Waals surface area contributed by atoms with Gasteiger partial charge < -0.3 is 9.88 Å². The molecule has 0 aliphatic carbocycles. The maximum Gasteiger partial charge on any atom is 0.268 e. The van der Waals surface area contributed by atoms with Crippen LogP contribution in [0, 0.1) is 0 Å². The van der Waals surface area contributed by atoms with Crippen molar-refractivity contribution in [1.82, 2.24) is 9.88 Å². The average molecular weight is 341 g/mol. The maximum absolute atomic E-state index is 12.2. The second kappa shape index (κ2) is 6.39. The molecule has 2 heterocycles. The minimum absolute atomic E-state index is 0.0183. The number of aryl methyl sites for hydroxylation is 1. The van der Waals surface area contributed by atoms with Crippen molar-refractivity contribution >= 4 is 33.2 Å². The lowest BCUT2D eigenvalue weighted by molar-refractivity contribution is 0.0931. The zero-order valence-corrected chi connectivity index (χ0v) is 13.4. The summed E-state index contributed by atoms with van der Waals surface area (Å²) < 4.78 is 2.88. The first-order valence-electron chi connectivity index (χ1n) is 6.27. The molecule has 0 aliphatic heterocycles. The van der Waals surface area contributed by atoms with Gasteiger partial charge in [0, 0.05) is 23.3 Å². The number of rotatable bonds is 5. The number of nitrogens with one attached hydrogen (secondary N) is 1. The number of nitrogens with zero attached hydrogens (tertiary/aromatic N) is 1. The normalized spacial score (nSPS) is 12.4. The smallest absolute Gasteiger partial charge is 0.268 e. The molecule has 0 aromatic carbocycles. The third kappa shape index (κ3) is 3.70. The summed E-state index contributed by atoms with van der Waals surface area (Å²) in [5.41, 5.74) is 1.97. The van der Waals surface area contributed by atoms with E-state index in [4.69, 9.17) is 0 Å². The predicted octanol–water partition coefficient (Wildman–Crippen LogP) is 3.69. The van der Waals surface area contributed by atoms with Crippen molar-refractivity contribution < 1.29 is 4.79 Å². The highest BCUT2D eigenvalue weighted by Gasteiger charge is 2.14. The van der Waals surface area contributed by atoms with Gasteiger partial charge in [0.1, 0.15) is 5.69 Å². The number of carbonyl (C=O) groups is 1. The molecular formula is C14H17BrN2OS.